The largest absolute Gasteiger partial charge is 0.432 e. The molecular weight excluding hydrogens is 642 g/mol. The van der Waals surface area contributed by atoms with Gasteiger partial charge in [-0.25, -0.2) is 35.1 Å². The maximum atomic E-state index is 15.2. The number of alkyl halides is 2. The molecule has 0 saturated carbocycles. The molecule has 1 saturated heterocycles. The third kappa shape index (κ3) is 7.42. The minimum atomic E-state index is -4.76. The molecule has 2 unspecified atom stereocenters. The Kier molecular flexibility index (Phi) is 10.2. The van der Waals surface area contributed by atoms with Crippen molar-refractivity contribution >= 4 is 0 Å². The molecular formula is C35H28F10O2. The molecule has 0 amide bonds. The van der Waals surface area contributed by atoms with Crippen LogP contribution >= 0.6 is 0 Å². The number of ether oxygens (including phenoxy) is 2. The summed E-state index contributed by atoms with van der Waals surface area (Å²) >= 11 is 0. The van der Waals surface area contributed by atoms with Gasteiger partial charge >= 0.3 is 6.11 Å². The van der Waals surface area contributed by atoms with Crippen molar-refractivity contribution in [1.82, 2.24) is 0 Å². The third-order valence-electron chi connectivity index (χ3n) is 8.13. The van der Waals surface area contributed by atoms with Gasteiger partial charge in [-0.15, -0.1) is 0 Å². The van der Waals surface area contributed by atoms with Crippen LogP contribution in [0.2, 0.25) is 0 Å². The van der Waals surface area contributed by atoms with E-state index in [1.54, 1.807) is 0 Å². The molecule has 2 nitrogen and oxygen atoms in total. The first-order valence-electron chi connectivity index (χ1n) is 14.9. The summed E-state index contributed by atoms with van der Waals surface area (Å²) in [5.41, 5.74) is -4.25. The Balaban J connectivity index is 1.34. The van der Waals surface area contributed by atoms with Gasteiger partial charge in [-0.2, -0.15) is 8.78 Å². The van der Waals surface area contributed by atoms with E-state index in [4.69, 9.17) is 4.74 Å². The minimum Gasteiger partial charge on any atom is -0.429 e. The van der Waals surface area contributed by atoms with Gasteiger partial charge in [-0.05, 0) is 90.4 Å². The number of hydrogen-bond acceptors (Lipinski definition) is 2. The van der Waals surface area contributed by atoms with Crippen molar-refractivity contribution in [3.63, 3.8) is 0 Å². The van der Waals surface area contributed by atoms with Gasteiger partial charge in [-0.1, -0.05) is 26.2 Å². The molecule has 0 N–H and O–H groups in total. The average molecular weight is 671 g/mol. The summed E-state index contributed by atoms with van der Waals surface area (Å²) in [4.78, 5) is 0. The smallest absolute Gasteiger partial charge is 0.429 e. The Morgan fingerprint density at radius 2 is 1.32 bits per heavy atom. The van der Waals surface area contributed by atoms with E-state index in [0.29, 0.717) is 49.3 Å². The zero-order valence-corrected chi connectivity index (χ0v) is 24.9. The topological polar surface area (TPSA) is 18.5 Å². The molecule has 1 heterocycles. The summed E-state index contributed by atoms with van der Waals surface area (Å²) in [6.45, 7) is 2.53. The normalized spacial score (nSPS) is 16.8. The van der Waals surface area contributed by atoms with E-state index in [0.717, 1.165) is 56.4 Å². The number of rotatable bonds is 10. The van der Waals surface area contributed by atoms with Crippen LogP contribution in [0.5, 0.6) is 5.75 Å². The molecule has 0 spiro atoms. The van der Waals surface area contributed by atoms with E-state index in [1.165, 1.54) is 0 Å². The molecule has 0 radical (unpaired) electrons. The molecule has 0 aromatic heterocycles. The van der Waals surface area contributed by atoms with Crippen molar-refractivity contribution in [3.05, 3.63) is 112 Å². The first kappa shape index (κ1) is 34.3. The van der Waals surface area contributed by atoms with Gasteiger partial charge in [0.1, 0.15) is 40.4 Å². The first-order valence-corrected chi connectivity index (χ1v) is 14.9. The molecule has 12 heteroatoms. The predicted molar refractivity (Wildman–Crippen MR) is 154 cm³/mol. The lowest BCUT2D eigenvalue weighted by Crippen LogP contribution is -2.25. The van der Waals surface area contributed by atoms with Crippen molar-refractivity contribution < 1.29 is 53.4 Å². The lowest BCUT2D eigenvalue weighted by molar-refractivity contribution is -0.189. The fraction of sp³-hybridized carbons (Fsp3) is 0.314. The minimum absolute atomic E-state index is 0.196. The Morgan fingerprint density at radius 3 is 1.87 bits per heavy atom. The maximum Gasteiger partial charge on any atom is 0.432 e. The lowest BCUT2D eigenvalue weighted by Gasteiger charge is -2.29. The van der Waals surface area contributed by atoms with Crippen LogP contribution in [0.25, 0.3) is 22.3 Å². The molecule has 2 atom stereocenters. The highest BCUT2D eigenvalue weighted by atomic mass is 19.3. The fourth-order valence-corrected chi connectivity index (χ4v) is 5.73. The SMILES string of the molecule is CCCCCC1CCC(c2cc(F)c(-c3cc(F)c(C(F)(F)Oc4ccc(-c5cc(F)c(F)c(F)c5)c(F)c4)c(F)c3)c(F)c2)OC1. The van der Waals surface area contributed by atoms with E-state index < -0.39 is 92.3 Å². The number of hydrogen-bond donors (Lipinski definition) is 0. The standard InChI is InChI=1S/C35H28F10O2/c1-2-3-4-5-18-6-9-31(46-17-18)20-12-25(37)32(26(38)13-20)21-14-27(39)33(28(40)15-21)35(44,45)47-22-7-8-23(24(36)16-22)19-10-29(41)34(43)30(42)11-19/h7-8,10-16,18,31H,2-6,9,17H2,1H3. The van der Waals surface area contributed by atoms with Crippen LogP contribution in [-0.4, -0.2) is 6.61 Å². The summed E-state index contributed by atoms with van der Waals surface area (Å²) < 4.78 is 156. The summed E-state index contributed by atoms with van der Waals surface area (Å²) in [6.07, 6.45) is 0.226. The summed E-state index contributed by atoms with van der Waals surface area (Å²) in [5.74, 6) is -13.2. The second kappa shape index (κ2) is 14.0. The van der Waals surface area contributed by atoms with Crippen molar-refractivity contribution in [2.45, 2.75) is 57.7 Å². The van der Waals surface area contributed by atoms with Crippen LogP contribution in [-0.2, 0) is 10.8 Å². The quantitative estimate of drug-likeness (QED) is 0.0950. The van der Waals surface area contributed by atoms with E-state index in [1.807, 2.05) is 0 Å². The predicted octanol–water partition coefficient (Wildman–Crippen LogP) is 11.3. The monoisotopic (exact) mass is 670 g/mol. The van der Waals surface area contributed by atoms with Gasteiger partial charge < -0.3 is 9.47 Å². The fourth-order valence-electron chi connectivity index (χ4n) is 5.73. The molecule has 1 fully saturated rings. The molecule has 4 aromatic carbocycles. The van der Waals surface area contributed by atoms with Gasteiger partial charge in [0, 0.05) is 11.6 Å². The van der Waals surface area contributed by atoms with Gasteiger partial charge in [0.2, 0.25) is 0 Å². The summed E-state index contributed by atoms with van der Waals surface area (Å²) in [5, 5.41) is 0. The van der Waals surface area contributed by atoms with Gasteiger partial charge in [-0.3, -0.25) is 0 Å². The molecule has 1 aliphatic heterocycles. The zero-order valence-electron chi connectivity index (χ0n) is 24.9. The number of benzene rings is 4. The zero-order chi connectivity index (χ0) is 34.0. The second-order valence-corrected chi connectivity index (χ2v) is 11.4. The Morgan fingerprint density at radius 1 is 0.702 bits per heavy atom. The van der Waals surface area contributed by atoms with Crippen LogP contribution in [0, 0.1) is 52.5 Å². The summed E-state index contributed by atoms with van der Waals surface area (Å²) in [7, 11) is 0. The van der Waals surface area contributed by atoms with Crippen LogP contribution in [0.15, 0.2) is 54.6 Å². The Hall–Kier alpha value is -4.06. The van der Waals surface area contributed by atoms with Crippen LogP contribution in [0.3, 0.4) is 0 Å². The molecule has 1 aliphatic rings. The third-order valence-corrected chi connectivity index (χ3v) is 8.13. The van der Waals surface area contributed by atoms with Crippen molar-refractivity contribution in [2.75, 3.05) is 6.61 Å². The molecule has 5 rings (SSSR count). The highest BCUT2D eigenvalue weighted by molar-refractivity contribution is 5.67. The van der Waals surface area contributed by atoms with Crippen LogP contribution in [0.4, 0.5) is 43.9 Å². The van der Waals surface area contributed by atoms with Gasteiger partial charge in [0.25, 0.3) is 0 Å². The number of unbranched alkanes of at least 4 members (excludes halogenated alkanes) is 2. The average Bonchev–Trinajstić information content (AvgIpc) is 2.99. The highest BCUT2D eigenvalue weighted by Gasteiger charge is 2.41. The van der Waals surface area contributed by atoms with Crippen LogP contribution in [0.1, 0.15) is 62.7 Å². The van der Waals surface area contributed by atoms with Crippen molar-refractivity contribution in [3.8, 4) is 28.0 Å². The lowest BCUT2D eigenvalue weighted by atomic mass is 9.90. The maximum absolute atomic E-state index is 15.2. The molecule has 250 valence electrons. The second-order valence-electron chi connectivity index (χ2n) is 11.4. The number of halogens is 10. The first-order chi connectivity index (χ1) is 22.3. The van der Waals surface area contributed by atoms with E-state index in [9.17, 15) is 17.6 Å². The van der Waals surface area contributed by atoms with E-state index in [-0.39, 0.29) is 5.56 Å². The Labute approximate surface area is 263 Å². The molecule has 0 bridgehead atoms. The van der Waals surface area contributed by atoms with E-state index >= 15 is 26.3 Å². The summed E-state index contributed by atoms with van der Waals surface area (Å²) in [6, 6.07) is 5.42. The van der Waals surface area contributed by atoms with Gasteiger partial charge in [0.05, 0.1) is 18.3 Å². The van der Waals surface area contributed by atoms with Crippen molar-refractivity contribution in [1.29, 1.82) is 0 Å². The Bertz CT molecular complexity index is 1700. The van der Waals surface area contributed by atoms with E-state index in [2.05, 4.69) is 11.7 Å². The molecule has 0 aliphatic carbocycles. The van der Waals surface area contributed by atoms with Crippen molar-refractivity contribution in [2.24, 2.45) is 5.92 Å². The van der Waals surface area contributed by atoms with Crippen LogP contribution < -0.4 is 4.74 Å². The highest BCUT2D eigenvalue weighted by Crippen LogP contribution is 2.40. The van der Waals surface area contributed by atoms with Gasteiger partial charge in [0.15, 0.2) is 17.5 Å². The molecule has 47 heavy (non-hydrogen) atoms. The molecule has 4 aromatic rings.